The van der Waals surface area contributed by atoms with E-state index in [1.807, 2.05) is 37.3 Å². The summed E-state index contributed by atoms with van der Waals surface area (Å²) in [5.41, 5.74) is 2.24. The predicted molar refractivity (Wildman–Crippen MR) is 186 cm³/mol. The molecule has 0 heterocycles. The highest BCUT2D eigenvalue weighted by Crippen LogP contribution is 2.30. The molecule has 0 saturated heterocycles. The van der Waals surface area contributed by atoms with Crippen molar-refractivity contribution in [3.8, 4) is 0 Å². The van der Waals surface area contributed by atoms with E-state index in [0.29, 0.717) is 38.4 Å². The maximum absolute atomic E-state index is 14.6. The van der Waals surface area contributed by atoms with Crippen LogP contribution in [0, 0.1) is 6.92 Å². The van der Waals surface area contributed by atoms with Gasteiger partial charge in [-0.15, -0.1) is 0 Å². The zero-order chi connectivity index (χ0) is 33.3. The lowest BCUT2D eigenvalue weighted by atomic mass is 10.0. The summed E-state index contributed by atoms with van der Waals surface area (Å²) in [6.07, 6.45) is 1.81. The van der Waals surface area contributed by atoms with Crippen LogP contribution in [0.3, 0.4) is 0 Å². The van der Waals surface area contributed by atoms with Crippen LogP contribution in [0.5, 0.6) is 0 Å². The van der Waals surface area contributed by atoms with Crippen molar-refractivity contribution in [3.05, 3.63) is 129 Å². The number of aryl methyl sites for hydroxylation is 1. The van der Waals surface area contributed by atoms with Crippen molar-refractivity contribution < 1.29 is 18.0 Å². The van der Waals surface area contributed by atoms with Crippen LogP contribution < -0.4 is 9.62 Å². The maximum atomic E-state index is 14.6. The first-order valence-corrected chi connectivity index (χ1v) is 17.5. The molecule has 4 rings (SSSR count). The molecule has 7 nitrogen and oxygen atoms in total. The Hall–Kier alpha value is -3.56. The quantitative estimate of drug-likeness (QED) is 0.137. The predicted octanol–water partition coefficient (Wildman–Crippen LogP) is 7.71. The van der Waals surface area contributed by atoms with Gasteiger partial charge in [-0.05, 0) is 66.9 Å². The number of rotatable bonds is 14. The van der Waals surface area contributed by atoms with Crippen molar-refractivity contribution in [1.29, 1.82) is 0 Å². The van der Waals surface area contributed by atoms with E-state index in [0.717, 1.165) is 22.7 Å². The summed E-state index contributed by atoms with van der Waals surface area (Å²) in [6.45, 7) is 3.49. The summed E-state index contributed by atoms with van der Waals surface area (Å²) in [4.78, 5) is 29.8. The second kappa shape index (κ2) is 16.3. The van der Waals surface area contributed by atoms with E-state index in [1.54, 1.807) is 49.4 Å². The zero-order valence-corrected chi connectivity index (χ0v) is 28.7. The number of benzene rings is 4. The van der Waals surface area contributed by atoms with Gasteiger partial charge in [-0.3, -0.25) is 13.9 Å². The molecule has 4 aromatic carbocycles. The molecule has 0 aliphatic rings. The fourth-order valence-corrected chi connectivity index (χ4v) is 7.13. The molecule has 0 unspecified atom stereocenters. The van der Waals surface area contributed by atoms with Gasteiger partial charge >= 0.3 is 0 Å². The van der Waals surface area contributed by atoms with Gasteiger partial charge in [0.1, 0.15) is 12.6 Å². The van der Waals surface area contributed by atoms with Crippen molar-refractivity contribution in [2.75, 3.05) is 17.4 Å². The molecule has 2 amide bonds. The van der Waals surface area contributed by atoms with E-state index < -0.39 is 28.5 Å². The summed E-state index contributed by atoms with van der Waals surface area (Å²) in [7, 11) is -4.26. The van der Waals surface area contributed by atoms with Crippen LogP contribution in [0.4, 0.5) is 5.69 Å². The van der Waals surface area contributed by atoms with Crippen LogP contribution in [0.15, 0.2) is 102 Å². The standard InChI is InChI=1S/C35H36Cl3N3O4S/c1-3-4-21-39-35(43)33(22-26-12-6-5-7-13-26)40(23-29-30(37)14-10-15-31(29)38)34(42)24-41(32-16-9-8-11-25(32)2)46(44,45)28-19-17-27(36)18-20-28/h5-20,33H,3-4,21-24H2,1-2H3,(H,39,43)/t33-/m1/s1. The van der Waals surface area contributed by atoms with E-state index in [9.17, 15) is 18.0 Å². The molecule has 242 valence electrons. The molecule has 0 bridgehead atoms. The number of amides is 2. The lowest BCUT2D eigenvalue weighted by Crippen LogP contribution is -2.53. The number of sulfonamides is 1. The van der Waals surface area contributed by atoms with Gasteiger partial charge in [0.05, 0.1) is 10.6 Å². The molecule has 0 spiro atoms. The number of carbonyl (C=O) groups is 2. The average molecular weight is 701 g/mol. The highest BCUT2D eigenvalue weighted by molar-refractivity contribution is 7.92. The first kappa shape index (κ1) is 35.3. The van der Waals surface area contributed by atoms with Gasteiger partial charge < -0.3 is 10.2 Å². The van der Waals surface area contributed by atoms with Crippen molar-refractivity contribution in [3.63, 3.8) is 0 Å². The number of nitrogens with zero attached hydrogens (tertiary/aromatic N) is 2. The van der Waals surface area contributed by atoms with Gasteiger partial charge in [-0.2, -0.15) is 0 Å². The Bertz CT molecular complexity index is 1730. The minimum absolute atomic E-state index is 0.0354. The van der Waals surface area contributed by atoms with Crippen LogP contribution >= 0.6 is 34.8 Å². The smallest absolute Gasteiger partial charge is 0.264 e. The van der Waals surface area contributed by atoms with Crippen LogP contribution in [0.25, 0.3) is 0 Å². The number of hydrogen-bond acceptors (Lipinski definition) is 4. The fraction of sp³-hybridized carbons (Fsp3) is 0.257. The largest absolute Gasteiger partial charge is 0.354 e. The molecule has 0 aliphatic carbocycles. The highest BCUT2D eigenvalue weighted by Gasteiger charge is 2.35. The summed E-state index contributed by atoms with van der Waals surface area (Å²) in [5, 5.41) is 3.98. The molecule has 0 aliphatic heterocycles. The number of halogens is 3. The van der Waals surface area contributed by atoms with Gasteiger partial charge in [-0.1, -0.05) is 103 Å². The number of anilines is 1. The Morgan fingerprint density at radius 2 is 1.46 bits per heavy atom. The minimum atomic E-state index is -4.26. The molecule has 0 saturated carbocycles. The fourth-order valence-electron chi connectivity index (χ4n) is 5.00. The summed E-state index contributed by atoms with van der Waals surface area (Å²) < 4.78 is 29.4. The topological polar surface area (TPSA) is 86.8 Å². The Morgan fingerprint density at radius 3 is 2.09 bits per heavy atom. The molecule has 1 atom stereocenters. The van der Waals surface area contributed by atoms with Crippen LogP contribution in [-0.4, -0.2) is 44.3 Å². The molecule has 0 fully saturated rings. The van der Waals surface area contributed by atoms with Crippen LogP contribution in [0.1, 0.15) is 36.5 Å². The number of para-hydroxylation sites is 1. The van der Waals surface area contributed by atoms with E-state index >= 15 is 0 Å². The van der Waals surface area contributed by atoms with Crippen molar-refractivity contribution in [1.82, 2.24) is 10.2 Å². The first-order valence-electron chi connectivity index (χ1n) is 14.9. The maximum Gasteiger partial charge on any atom is 0.264 e. The van der Waals surface area contributed by atoms with Gasteiger partial charge in [-0.25, -0.2) is 8.42 Å². The number of carbonyl (C=O) groups excluding carboxylic acids is 2. The molecule has 46 heavy (non-hydrogen) atoms. The molecule has 0 aromatic heterocycles. The van der Waals surface area contributed by atoms with E-state index in [-0.39, 0.29) is 23.8 Å². The van der Waals surface area contributed by atoms with Gasteiger partial charge in [0.15, 0.2) is 0 Å². The van der Waals surface area contributed by atoms with Gasteiger partial charge in [0.25, 0.3) is 10.0 Å². The zero-order valence-electron chi connectivity index (χ0n) is 25.6. The van der Waals surface area contributed by atoms with Crippen LogP contribution in [-0.2, 0) is 32.6 Å². The Balaban J connectivity index is 1.83. The second-order valence-corrected chi connectivity index (χ2v) is 13.9. The third-order valence-electron chi connectivity index (χ3n) is 7.56. The van der Waals surface area contributed by atoms with Crippen LogP contribution in [0.2, 0.25) is 15.1 Å². The molecule has 1 N–H and O–H groups in total. The molecule has 11 heteroatoms. The SMILES string of the molecule is CCCCNC(=O)[C@@H](Cc1ccccc1)N(Cc1c(Cl)cccc1Cl)C(=O)CN(c1ccccc1C)S(=O)(=O)c1ccc(Cl)cc1. The molecular weight excluding hydrogens is 665 g/mol. The summed E-state index contributed by atoms with van der Waals surface area (Å²) in [6, 6.07) is 26.0. The van der Waals surface area contributed by atoms with E-state index in [2.05, 4.69) is 5.32 Å². The van der Waals surface area contributed by atoms with Gasteiger partial charge in [0.2, 0.25) is 11.8 Å². The van der Waals surface area contributed by atoms with Crippen molar-refractivity contribution in [2.45, 2.75) is 50.6 Å². The van der Waals surface area contributed by atoms with E-state index in [4.69, 9.17) is 34.8 Å². The van der Waals surface area contributed by atoms with Gasteiger partial charge in [0, 0.05) is 40.1 Å². The highest BCUT2D eigenvalue weighted by atomic mass is 35.5. The Morgan fingerprint density at radius 1 is 0.826 bits per heavy atom. The minimum Gasteiger partial charge on any atom is -0.354 e. The third kappa shape index (κ3) is 8.82. The number of unbranched alkanes of at least 4 members (excludes halogenated alkanes) is 1. The third-order valence-corrected chi connectivity index (χ3v) is 10.3. The molecular formula is C35H36Cl3N3O4S. The second-order valence-electron chi connectivity index (χ2n) is 10.8. The Labute approximate surface area is 286 Å². The van der Waals surface area contributed by atoms with E-state index in [1.165, 1.54) is 29.2 Å². The Kier molecular flexibility index (Phi) is 12.5. The van der Waals surface area contributed by atoms with Crippen molar-refractivity contribution >= 4 is 62.3 Å². The summed E-state index contributed by atoms with van der Waals surface area (Å²) >= 11 is 19.2. The lowest BCUT2D eigenvalue weighted by Gasteiger charge is -2.34. The monoisotopic (exact) mass is 699 g/mol. The molecule has 4 aromatic rings. The summed E-state index contributed by atoms with van der Waals surface area (Å²) in [5.74, 6) is -0.972. The normalized spacial score (nSPS) is 11.9. The number of nitrogens with one attached hydrogen (secondary N) is 1. The first-order chi connectivity index (χ1) is 22.0. The van der Waals surface area contributed by atoms with Crippen molar-refractivity contribution in [2.24, 2.45) is 0 Å². The number of hydrogen-bond donors (Lipinski definition) is 1. The molecule has 0 radical (unpaired) electrons. The lowest BCUT2D eigenvalue weighted by molar-refractivity contribution is -0.140. The average Bonchev–Trinajstić information content (AvgIpc) is 3.04.